The number of aliphatic hydroxyl groups excluding tert-OH is 2. The Hall–Kier alpha value is -0.950. The molecule has 2 unspecified atom stereocenters. The molecular formula is C10H10Cl2FNO4. The van der Waals surface area contributed by atoms with E-state index in [0.717, 1.165) is 12.1 Å². The Labute approximate surface area is 112 Å². The van der Waals surface area contributed by atoms with Gasteiger partial charge < -0.3 is 10.2 Å². The van der Waals surface area contributed by atoms with Crippen molar-refractivity contribution in [3.63, 3.8) is 0 Å². The predicted octanol–water partition coefficient (Wildman–Crippen LogP) is 2.41. The zero-order chi connectivity index (χ0) is 13.9. The normalized spacial score (nSPS) is 14.3. The lowest BCUT2D eigenvalue weighted by Crippen LogP contribution is -2.19. The summed E-state index contributed by atoms with van der Waals surface area (Å²) in [5, 5.41) is 29.5. The van der Waals surface area contributed by atoms with Gasteiger partial charge in [-0.1, -0.05) is 11.6 Å². The first-order chi connectivity index (χ1) is 8.38. The third-order valence-electron chi connectivity index (χ3n) is 2.35. The van der Waals surface area contributed by atoms with Crippen molar-refractivity contribution < 1.29 is 19.5 Å². The zero-order valence-electron chi connectivity index (χ0n) is 9.02. The van der Waals surface area contributed by atoms with Crippen LogP contribution in [0.3, 0.4) is 0 Å². The molecule has 1 rings (SSSR count). The molecule has 1 aromatic carbocycles. The van der Waals surface area contributed by atoms with Crippen LogP contribution in [0.4, 0.5) is 10.1 Å². The third-order valence-corrected chi connectivity index (χ3v) is 2.90. The van der Waals surface area contributed by atoms with Crippen LogP contribution in [-0.4, -0.2) is 27.1 Å². The van der Waals surface area contributed by atoms with Gasteiger partial charge in [-0.2, -0.15) is 4.39 Å². The van der Waals surface area contributed by atoms with E-state index in [1.165, 1.54) is 0 Å². The highest BCUT2D eigenvalue weighted by atomic mass is 35.5. The summed E-state index contributed by atoms with van der Waals surface area (Å²) in [6.07, 6.45) is -2.59. The number of benzene rings is 1. The van der Waals surface area contributed by atoms with Crippen molar-refractivity contribution in [3.8, 4) is 0 Å². The van der Waals surface area contributed by atoms with Gasteiger partial charge in [0, 0.05) is 17.5 Å². The largest absolute Gasteiger partial charge is 0.390 e. The van der Waals surface area contributed by atoms with Gasteiger partial charge >= 0.3 is 5.69 Å². The molecule has 0 aliphatic rings. The maximum Gasteiger partial charge on any atom is 0.306 e. The van der Waals surface area contributed by atoms with Crippen LogP contribution in [0.1, 0.15) is 18.1 Å². The van der Waals surface area contributed by atoms with Crippen LogP contribution >= 0.6 is 23.2 Å². The quantitative estimate of drug-likeness (QED) is 0.497. The monoisotopic (exact) mass is 297 g/mol. The first-order valence-electron chi connectivity index (χ1n) is 4.94. The molecule has 0 saturated carbocycles. The van der Waals surface area contributed by atoms with Crippen LogP contribution in [0.15, 0.2) is 12.1 Å². The van der Waals surface area contributed by atoms with E-state index in [0.29, 0.717) is 0 Å². The average molecular weight is 298 g/mol. The van der Waals surface area contributed by atoms with Crippen LogP contribution in [0.5, 0.6) is 0 Å². The summed E-state index contributed by atoms with van der Waals surface area (Å²) < 4.78 is 13.4. The molecule has 0 radical (unpaired) electrons. The Kier molecular flexibility index (Phi) is 5.28. The minimum Gasteiger partial charge on any atom is -0.390 e. The molecular weight excluding hydrogens is 288 g/mol. The fraction of sp³-hybridized carbons (Fsp3) is 0.400. The van der Waals surface area contributed by atoms with Crippen molar-refractivity contribution in [1.82, 2.24) is 0 Å². The summed E-state index contributed by atoms with van der Waals surface area (Å²) in [7, 11) is 0. The summed E-state index contributed by atoms with van der Waals surface area (Å²) in [6, 6.07) is 1.53. The van der Waals surface area contributed by atoms with Crippen LogP contribution in [0.2, 0.25) is 5.02 Å². The molecule has 0 aliphatic heterocycles. The molecule has 2 N–H and O–H groups in total. The number of nitro benzene ring substituents is 1. The summed E-state index contributed by atoms with van der Waals surface area (Å²) in [4.78, 5) is 9.55. The van der Waals surface area contributed by atoms with Crippen LogP contribution < -0.4 is 0 Å². The van der Waals surface area contributed by atoms with E-state index in [2.05, 4.69) is 0 Å². The van der Waals surface area contributed by atoms with Crippen molar-refractivity contribution in [3.05, 3.63) is 38.7 Å². The minimum atomic E-state index is -1.45. The van der Waals surface area contributed by atoms with Gasteiger partial charge in [-0.3, -0.25) is 10.1 Å². The Balaban J connectivity index is 3.11. The SMILES string of the molecule is O=[N+]([O-])c1cc(Cl)c(C(O)C(O)CCCl)cc1F. The Bertz CT molecular complexity index is 458. The third kappa shape index (κ3) is 3.29. The van der Waals surface area contributed by atoms with Gasteiger partial charge in [0.15, 0.2) is 0 Å². The van der Waals surface area contributed by atoms with Gasteiger partial charge in [0.05, 0.1) is 16.0 Å². The van der Waals surface area contributed by atoms with Crippen LogP contribution in [0, 0.1) is 15.9 Å². The van der Waals surface area contributed by atoms with E-state index in [1.54, 1.807) is 0 Å². The standard InChI is InChI=1S/C10H10Cl2FNO4/c11-2-1-9(15)10(16)5-3-7(13)8(14(17)18)4-6(5)12/h3-4,9-10,15-16H,1-2H2. The number of alkyl halides is 1. The number of aliphatic hydroxyl groups is 2. The lowest BCUT2D eigenvalue weighted by atomic mass is 10.0. The van der Waals surface area contributed by atoms with E-state index in [-0.39, 0.29) is 22.9 Å². The summed E-state index contributed by atoms with van der Waals surface area (Å²) in [5.74, 6) is -1.03. The van der Waals surface area contributed by atoms with E-state index in [4.69, 9.17) is 23.2 Å². The molecule has 100 valence electrons. The fourth-order valence-electron chi connectivity index (χ4n) is 1.40. The van der Waals surface area contributed by atoms with E-state index in [1.807, 2.05) is 0 Å². The second-order valence-corrected chi connectivity index (χ2v) is 4.36. The Morgan fingerprint density at radius 2 is 2.06 bits per heavy atom. The van der Waals surface area contributed by atoms with E-state index >= 15 is 0 Å². The number of halogens is 3. The predicted molar refractivity (Wildman–Crippen MR) is 64.4 cm³/mol. The van der Waals surface area contributed by atoms with Crippen molar-refractivity contribution in [2.24, 2.45) is 0 Å². The molecule has 8 heteroatoms. The number of nitrogens with zero attached hydrogens (tertiary/aromatic N) is 1. The van der Waals surface area contributed by atoms with Gasteiger partial charge in [0.1, 0.15) is 6.10 Å². The molecule has 2 atom stereocenters. The highest BCUT2D eigenvalue weighted by molar-refractivity contribution is 6.31. The van der Waals surface area contributed by atoms with Crippen molar-refractivity contribution >= 4 is 28.9 Å². The van der Waals surface area contributed by atoms with Crippen LogP contribution in [0.25, 0.3) is 0 Å². The van der Waals surface area contributed by atoms with E-state index in [9.17, 15) is 24.7 Å². The first kappa shape index (κ1) is 15.1. The smallest absolute Gasteiger partial charge is 0.306 e. The highest BCUT2D eigenvalue weighted by Crippen LogP contribution is 2.32. The van der Waals surface area contributed by atoms with Crippen molar-refractivity contribution in [1.29, 1.82) is 0 Å². The number of hydrogen-bond acceptors (Lipinski definition) is 4. The minimum absolute atomic E-state index is 0.0810. The van der Waals surface area contributed by atoms with Gasteiger partial charge in [-0.15, -0.1) is 11.6 Å². The number of nitro groups is 1. The molecule has 0 saturated heterocycles. The fourth-order valence-corrected chi connectivity index (χ4v) is 1.89. The van der Waals surface area contributed by atoms with Gasteiger partial charge in [0.25, 0.3) is 0 Å². The lowest BCUT2D eigenvalue weighted by molar-refractivity contribution is -0.387. The Morgan fingerprint density at radius 1 is 1.44 bits per heavy atom. The summed E-state index contributed by atoms with van der Waals surface area (Å²) in [5.41, 5.74) is -0.903. The molecule has 5 nitrogen and oxygen atoms in total. The van der Waals surface area contributed by atoms with E-state index < -0.39 is 28.6 Å². The van der Waals surface area contributed by atoms with Gasteiger partial charge in [0.2, 0.25) is 5.82 Å². The topological polar surface area (TPSA) is 83.6 Å². The lowest BCUT2D eigenvalue weighted by Gasteiger charge is -2.18. The van der Waals surface area contributed by atoms with Gasteiger partial charge in [-0.05, 0) is 12.5 Å². The summed E-state index contributed by atoms with van der Waals surface area (Å²) in [6.45, 7) is 0. The number of rotatable bonds is 5. The molecule has 0 aliphatic carbocycles. The molecule has 1 aromatic rings. The molecule has 0 bridgehead atoms. The second-order valence-electron chi connectivity index (χ2n) is 3.57. The summed E-state index contributed by atoms with van der Waals surface area (Å²) >= 11 is 11.1. The molecule has 0 fully saturated rings. The average Bonchev–Trinajstić information content (AvgIpc) is 2.30. The highest BCUT2D eigenvalue weighted by Gasteiger charge is 2.25. The molecule has 0 heterocycles. The number of hydrogen-bond donors (Lipinski definition) is 2. The second kappa shape index (κ2) is 6.29. The van der Waals surface area contributed by atoms with Crippen molar-refractivity contribution in [2.75, 3.05) is 5.88 Å². The maximum atomic E-state index is 13.4. The molecule has 0 aromatic heterocycles. The Morgan fingerprint density at radius 3 is 2.56 bits per heavy atom. The van der Waals surface area contributed by atoms with Crippen LogP contribution in [-0.2, 0) is 0 Å². The van der Waals surface area contributed by atoms with Gasteiger partial charge in [-0.25, -0.2) is 0 Å². The zero-order valence-corrected chi connectivity index (χ0v) is 10.5. The molecule has 0 spiro atoms. The first-order valence-corrected chi connectivity index (χ1v) is 5.85. The molecule has 0 amide bonds. The maximum absolute atomic E-state index is 13.4. The molecule has 18 heavy (non-hydrogen) atoms. The van der Waals surface area contributed by atoms with Crippen molar-refractivity contribution in [2.45, 2.75) is 18.6 Å².